The first-order valence-electron chi connectivity index (χ1n) is 8.51. The summed E-state index contributed by atoms with van der Waals surface area (Å²) < 4.78 is 14.2. The summed E-state index contributed by atoms with van der Waals surface area (Å²) in [6.07, 6.45) is 8.17. The molecule has 5 rings (SSSR count). The number of hydrogen-bond donors (Lipinski definition) is 1. The molecule has 0 spiro atoms. The molecule has 26 heavy (non-hydrogen) atoms. The smallest absolute Gasteiger partial charge is 0.202 e. The second-order valence-corrected chi connectivity index (χ2v) is 6.29. The topological polar surface area (TPSA) is 88.1 Å². The highest BCUT2D eigenvalue weighted by molar-refractivity contribution is 5.87. The van der Waals surface area contributed by atoms with Crippen molar-refractivity contribution in [2.75, 3.05) is 5.73 Å². The largest absolute Gasteiger partial charge is 0.464 e. The molecule has 1 saturated heterocycles. The van der Waals surface area contributed by atoms with Crippen molar-refractivity contribution >= 4 is 27.6 Å². The van der Waals surface area contributed by atoms with Gasteiger partial charge in [0.15, 0.2) is 0 Å². The summed E-state index contributed by atoms with van der Waals surface area (Å²) in [6, 6.07) is 9.84. The summed E-state index contributed by atoms with van der Waals surface area (Å²) >= 11 is 0. The molecule has 3 aromatic heterocycles. The van der Waals surface area contributed by atoms with Gasteiger partial charge in [-0.3, -0.25) is 4.98 Å². The number of nitrogens with zero attached hydrogens (tertiary/aromatic N) is 4. The maximum Gasteiger partial charge on any atom is 0.202 e. The molecule has 1 aliphatic rings. The number of hydrogen-bond acceptors (Lipinski definition) is 6. The normalized spacial score (nSPS) is 20.0. The lowest BCUT2D eigenvalue weighted by Gasteiger charge is -2.18. The van der Waals surface area contributed by atoms with Gasteiger partial charge in [-0.2, -0.15) is 0 Å². The van der Waals surface area contributed by atoms with Crippen LogP contribution < -0.4 is 10.5 Å². The van der Waals surface area contributed by atoms with Crippen molar-refractivity contribution in [3.05, 3.63) is 55.2 Å². The van der Waals surface area contributed by atoms with Crippen LogP contribution in [-0.2, 0) is 4.74 Å². The van der Waals surface area contributed by atoms with Gasteiger partial charge in [-0.25, -0.2) is 9.97 Å². The van der Waals surface area contributed by atoms with Crippen LogP contribution in [0.2, 0.25) is 0 Å². The number of pyridine rings is 1. The van der Waals surface area contributed by atoms with Crippen molar-refractivity contribution in [3.63, 3.8) is 0 Å². The molecule has 7 nitrogen and oxygen atoms in total. The Kier molecular flexibility index (Phi) is 3.46. The Hall–Kier alpha value is -3.19. The molecule has 0 amide bonds. The van der Waals surface area contributed by atoms with Crippen molar-refractivity contribution in [1.82, 2.24) is 19.5 Å². The van der Waals surface area contributed by atoms with Crippen molar-refractivity contribution in [2.45, 2.75) is 25.4 Å². The zero-order valence-corrected chi connectivity index (χ0v) is 13.9. The highest BCUT2D eigenvalue weighted by Crippen LogP contribution is 2.34. The molecule has 0 bridgehead atoms. The Balaban J connectivity index is 1.39. The van der Waals surface area contributed by atoms with Gasteiger partial charge < -0.3 is 19.8 Å². The van der Waals surface area contributed by atoms with Gasteiger partial charge >= 0.3 is 0 Å². The molecule has 0 saturated carbocycles. The quantitative estimate of drug-likeness (QED) is 0.612. The number of anilines is 1. The highest BCUT2D eigenvalue weighted by atomic mass is 16.7. The fraction of sp³-hybridized carbons (Fsp3) is 0.211. The van der Waals surface area contributed by atoms with Gasteiger partial charge in [-0.1, -0.05) is 12.1 Å². The summed E-state index contributed by atoms with van der Waals surface area (Å²) in [5.74, 6) is 1.26. The van der Waals surface area contributed by atoms with Gasteiger partial charge in [-0.15, -0.1) is 0 Å². The number of benzene rings is 1. The van der Waals surface area contributed by atoms with E-state index in [1.165, 1.54) is 6.33 Å². The Bertz CT molecular complexity index is 1090. The maximum absolute atomic E-state index is 6.13. The van der Waals surface area contributed by atoms with Crippen LogP contribution >= 0.6 is 0 Å². The number of nitrogens with two attached hydrogens (primary N) is 1. The third kappa shape index (κ3) is 2.44. The third-order valence-corrected chi connectivity index (χ3v) is 4.71. The Morgan fingerprint density at radius 1 is 1.12 bits per heavy atom. The predicted octanol–water partition coefficient (Wildman–Crippen LogP) is 3.28. The molecule has 1 aromatic carbocycles. The molecule has 2 N–H and O–H groups in total. The average molecular weight is 347 g/mol. The van der Waals surface area contributed by atoms with E-state index in [0.29, 0.717) is 5.82 Å². The van der Waals surface area contributed by atoms with Crippen LogP contribution in [0.4, 0.5) is 5.82 Å². The SMILES string of the molecule is Nc1ncnc2c1ccn2[C@H]1CCC(Oc2cccc3ccncc23)O1. The van der Waals surface area contributed by atoms with Gasteiger partial charge in [0, 0.05) is 30.4 Å². The number of ether oxygens (including phenoxy) is 2. The second kappa shape index (κ2) is 5.96. The third-order valence-electron chi connectivity index (χ3n) is 4.71. The van der Waals surface area contributed by atoms with Crippen LogP contribution in [0.5, 0.6) is 5.75 Å². The van der Waals surface area contributed by atoms with E-state index in [1.807, 2.05) is 47.3 Å². The monoisotopic (exact) mass is 347 g/mol. The first kappa shape index (κ1) is 15.1. The zero-order valence-electron chi connectivity index (χ0n) is 13.9. The molecular weight excluding hydrogens is 330 g/mol. The molecule has 4 heterocycles. The minimum atomic E-state index is -0.317. The minimum Gasteiger partial charge on any atom is -0.464 e. The van der Waals surface area contributed by atoms with Crippen molar-refractivity contribution in [1.29, 1.82) is 0 Å². The van der Waals surface area contributed by atoms with Crippen LogP contribution in [0.25, 0.3) is 21.8 Å². The summed E-state index contributed by atoms with van der Waals surface area (Å²) in [6.45, 7) is 0. The summed E-state index contributed by atoms with van der Waals surface area (Å²) in [5, 5.41) is 2.91. The number of fused-ring (bicyclic) bond motifs is 2. The lowest BCUT2D eigenvalue weighted by atomic mass is 10.1. The fourth-order valence-electron chi connectivity index (χ4n) is 3.43. The van der Waals surface area contributed by atoms with Gasteiger partial charge in [0.25, 0.3) is 0 Å². The first-order chi connectivity index (χ1) is 12.8. The lowest BCUT2D eigenvalue weighted by Crippen LogP contribution is -2.17. The molecule has 0 aliphatic carbocycles. The Morgan fingerprint density at radius 2 is 2.08 bits per heavy atom. The molecule has 1 aliphatic heterocycles. The average Bonchev–Trinajstić information content (AvgIpc) is 3.29. The maximum atomic E-state index is 6.13. The highest BCUT2D eigenvalue weighted by Gasteiger charge is 2.29. The summed E-state index contributed by atoms with van der Waals surface area (Å²) in [5.41, 5.74) is 6.69. The second-order valence-electron chi connectivity index (χ2n) is 6.29. The first-order valence-corrected chi connectivity index (χ1v) is 8.51. The van der Waals surface area contributed by atoms with Gasteiger partial charge in [0.1, 0.15) is 29.8 Å². The van der Waals surface area contributed by atoms with E-state index >= 15 is 0 Å². The molecular formula is C19H17N5O2. The van der Waals surface area contributed by atoms with E-state index < -0.39 is 0 Å². The van der Waals surface area contributed by atoms with Crippen LogP contribution in [0.1, 0.15) is 19.1 Å². The minimum absolute atomic E-state index is 0.139. The van der Waals surface area contributed by atoms with E-state index in [2.05, 4.69) is 15.0 Å². The van der Waals surface area contributed by atoms with Crippen LogP contribution in [0, 0.1) is 0 Å². The zero-order chi connectivity index (χ0) is 17.5. The molecule has 1 fully saturated rings. The van der Waals surface area contributed by atoms with E-state index in [4.69, 9.17) is 15.2 Å². The van der Waals surface area contributed by atoms with Crippen molar-refractivity contribution < 1.29 is 9.47 Å². The van der Waals surface area contributed by atoms with E-state index in [0.717, 1.165) is 40.4 Å². The molecule has 2 atom stereocenters. The molecule has 130 valence electrons. The predicted molar refractivity (Wildman–Crippen MR) is 97.5 cm³/mol. The number of aromatic nitrogens is 4. The van der Waals surface area contributed by atoms with E-state index in [-0.39, 0.29) is 12.5 Å². The summed E-state index contributed by atoms with van der Waals surface area (Å²) in [4.78, 5) is 12.6. The Labute approximate surface area is 149 Å². The number of rotatable bonds is 3. The molecule has 4 aromatic rings. The van der Waals surface area contributed by atoms with Crippen LogP contribution in [0.3, 0.4) is 0 Å². The summed E-state index contributed by atoms with van der Waals surface area (Å²) in [7, 11) is 0. The Morgan fingerprint density at radius 3 is 3.04 bits per heavy atom. The van der Waals surface area contributed by atoms with Crippen molar-refractivity contribution in [2.24, 2.45) is 0 Å². The molecule has 0 radical (unpaired) electrons. The number of nitrogen functional groups attached to an aromatic ring is 1. The van der Waals surface area contributed by atoms with Crippen LogP contribution in [0.15, 0.2) is 55.2 Å². The molecule has 1 unspecified atom stereocenters. The van der Waals surface area contributed by atoms with Crippen molar-refractivity contribution in [3.8, 4) is 5.75 Å². The van der Waals surface area contributed by atoms with Gasteiger partial charge in [0.05, 0.1) is 5.39 Å². The fourth-order valence-corrected chi connectivity index (χ4v) is 3.43. The standard InChI is InChI=1S/C19H17N5O2/c20-18-13-7-9-24(19(13)23-11-22-18)16-4-5-17(26-16)25-15-3-1-2-12-6-8-21-10-14(12)15/h1-3,6-11,16-17H,4-5H2,(H2,20,22,23)/t16-,17?/m1/s1. The lowest BCUT2D eigenvalue weighted by molar-refractivity contribution is -0.0946. The van der Waals surface area contributed by atoms with E-state index in [9.17, 15) is 0 Å². The van der Waals surface area contributed by atoms with Crippen LogP contribution in [-0.4, -0.2) is 25.8 Å². The molecule has 7 heteroatoms. The van der Waals surface area contributed by atoms with E-state index in [1.54, 1.807) is 6.20 Å². The van der Waals surface area contributed by atoms with Gasteiger partial charge in [0.2, 0.25) is 6.29 Å². The van der Waals surface area contributed by atoms with Gasteiger partial charge in [-0.05, 0) is 30.0 Å².